The largest absolute Gasteiger partial charge is 0.492 e. The van der Waals surface area contributed by atoms with Gasteiger partial charge in [0.15, 0.2) is 0 Å². The molecule has 2 heterocycles. The predicted octanol–water partition coefficient (Wildman–Crippen LogP) is 7.32. The number of hydrogen-bond donors (Lipinski definition) is 2. The number of nitrogens with zero attached hydrogens (tertiary/aromatic N) is 2. The molecule has 3 aliphatic rings. The predicted molar refractivity (Wildman–Crippen MR) is 199 cm³/mol. The number of carbonyl (C=O) groups excluding carboxylic acids is 2. The monoisotopic (exact) mass is 759 g/mol. The van der Waals surface area contributed by atoms with E-state index in [1.165, 1.54) is 12.1 Å². The van der Waals surface area contributed by atoms with Crippen LogP contribution in [0.4, 0.5) is 4.39 Å². The topological polar surface area (TPSA) is 99.2 Å². The summed E-state index contributed by atoms with van der Waals surface area (Å²) in [5.41, 5.74) is 5.17. The molecule has 6 rings (SSSR count). The normalized spacial score (nSPS) is 18.8. The molecule has 2 atom stereocenters. The highest BCUT2D eigenvalue weighted by Crippen LogP contribution is 2.38. The molecule has 8 nitrogen and oxygen atoms in total. The second-order valence-electron chi connectivity index (χ2n) is 14.8. The first-order valence-corrected chi connectivity index (χ1v) is 18.7. The Balaban J connectivity index is 1.23. The lowest BCUT2D eigenvalue weighted by Gasteiger charge is -2.45. The van der Waals surface area contributed by atoms with Crippen molar-refractivity contribution in [1.82, 2.24) is 15.1 Å². The number of nitrogens with one attached hydrogen (secondary N) is 1. The fraction of sp³-hybridized carbons (Fsp3) is 0.439. The number of halogens is 2. The Morgan fingerprint density at radius 3 is 2.51 bits per heavy atom. The summed E-state index contributed by atoms with van der Waals surface area (Å²) in [7, 11) is 0. The zero-order valence-electron chi connectivity index (χ0n) is 29.6. The van der Waals surface area contributed by atoms with Crippen LogP contribution in [0.5, 0.6) is 5.75 Å². The van der Waals surface area contributed by atoms with Crippen molar-refractivity contribution in [3.63, 3.8) is 0 Å². The van der Waals surface area contributed by atoms with Crippen molar-refractivity contribution in [2.24, 2.45) is 5.41 Å². The maximum absolute atomic E-state index is 14.8. The van der Waals surface area contributed by atoms with Gasteiger partial charge in [-0.15, -0.1) is 0 Å². The second kappa shape index (κ2) is 15.7. The molecular formula is C41H47BrFN3O5. The van der Waals surface area contributed by atoms with Gasteiger partial charge in [0, 0.05) is 49.8 Å². The lowest BCUT2D eigenvalue weighted by molar-refractivity contribution is -0.148. The van der Waals surface area contributed by atoms with Crippen LogP contribution < -0.4 is 10.1 Å². The number of aliphatic carboxylic acids is 1. The SMILES string of the molecule is Cc1ccccc1CN(C(=O)C1=C(c2ccc(CCCOc3cc(F)ccc3Br)cc2)C[C@@H]2CN(C(=O)CCC(C)(C)C(=O)O)C[C@H]1N2)C1CC1. The second-order valence-corrected chi connectivity index (χ2v) is 15.7. The van der Waals surface area contributed by atoms with Crippen LogP contribution in [0.25, 0.3) is 5.57 Å². The molecule has 10 heteroatoms. The van der Waals surface area contributed by atoms with Crippen LogP contribution in [0.2, 0.25) is 0 Å². The molecule has 2 amide bonds. The van der Waals surface area contributed by atoms with Crippen molar-refractivity contribution >= 4 is 39.3 Å². The number of carboxylic acids is 1. The van der Waals surface area contributed by atoms with Gasteiger partial charge in [-0.2, -0.15) is 0 Å². The molecule has 1 saturated carbocycles. The third-order valence-corrected chi connectivity index (χ3v) is 11.1. The maximum Gasteiger partial charge on any atom is 0.309 e. The van der Waals surface area contributed by atoms with Crippen molar-refractivity contribution in [2.45, 2.75) is 90.4 Å². The molecule has 2 aliphatic heterocycles. The molecule has 1 aliphatic carbocycles. The van der Waals surface area contributed by atoms with E-state index in [0.29, 0.717) is 42.9 Å². The number of carboxylic acid groups (broad SMARTS) is 1. The minimum atomic E-state index is -0.994. The molecule has 2 bridgehead atoms. The van der Waals surface area contributed by atoms with E-state index >= 15 is 0 Å². The Morgan fingerprint density at radius 2 is 1.80 bits per heavy atom. The average Bonchev–Trinajstić information content (AvgIpc) is 3.95. The van der Waals surface area contributed by atoms with E-state index in [2.05, 4.69) is 64.6 Å². The summed E-state index contributed by atoms with van der Waals surface area (Å²) >= 11 is 3.41. The third kappa shape index (κ3) is 8.90. The minimum absolute atomic E-state index is 0.0118. The molecule has 0 radical (unpaired) electrons. The van der Waals surface area contributed by atoms with Crippen molar-refractivity contribution in [2.75, 3.05) is 19.7 Å². The molecule has 3 aromatic rings. The van der Waals surface area contributed by atoms with E-state index in [9.17, 15) is 23.9 Å². The Hall–Kier alpha value is -4.02. The zero-order chi connectivity index (χ0) is 36.3. The quantitative estimate of drug-likeness (QED) is 0.167. The molecule has 0 spiro atoms. The van der Waals surface area contributed by atoms with Gasteiger partial charge in [0.05, 0.1) is 22.5 Å². The third-order valence-electron chi connectivity index (χ3n) is 10.4. The van der Waals surface area contributed by atoms with Crippen LogP contribution >= 0.6 is 15.9 Å². The van der Waals surface area contributed by atoms with Crippen LogP contribution in [0.15, 0.2) is 76.8 Å². The van der Waals surface area contributed by atoms with E-state index in [1.54, 1.807) is 19.9 Å². The van der Waals surface area contributed by atoms with E-state index in [-0.39, 0.29) is 48.6 Å². The van der Waals surface area contributed by atoms with Gasteiger partial charge in [-0.1, -0.05) is 48.5 Å². The van der Waals surface area contributed by atoms with Crippen LogP contribution in [0, 0.1) is 18.2 Å². The van der Waals surface area contributed by atoms with Gasteiger partial charge in [-0.25, -0.2) is 4.39 Å². The summed E-state index contributed by atoms with van der Waals surface area (Å²) in [6.45, 7) is 7.21. The summed E-state index contributed by atoms with van der Waals surface area (Å²) in [5.74, 6) is -0.838. The van der Waals surface area contributed by atoms with E-state index in [4.69, 9.17) is 4.74 Å². The highest BCUT2D eigenvalue weighted by molar-refractivity contribution is 9.10. The Kier molecular flexibility index (Phi) is 11.3. The van der Waals surface area contributed by atoms with Gasteiger partial charge < -0.3 is 25.0 Å². The number of fused-ring (bicyclic) bond motifs is 2. The fourth-order valence-corrected chi connectivity index (χ4v) is 7.41. The number of aryl methyl sites for hydroxylation is 2. The van der Waals surface area contributed by atoms with Gasteiger partial charge in [-0.05, 0) is 115 Å². The van der Waals surface area contributed by atoms with Gasteiger partial charge in [0.2, 0.25) is 5.91 Å². The van der Waals surface area contributed by atoms with E-state index in [1.807, 2.05) is 21.9 Å². The summed E-state index contributed by atoms with van der Waals surface area (Å²) in [4.78, 5) is 43.8. The summed E-state index contributed by atoms with van der Waals surface area (Å²) in [6, 6.07) is 20.8. The number of piperazine rings is 1. The minimum Gasteiger partial charge on any atom is -0.492 e. The highest BCUT2D eigenvalue weighted by Gasteiger charge is 2.43. The first-order chi connectivity index (χ1) is 24.4. The van der Waals surface area contributed by atoms with E-state index in [0.717, 1.165) is 59.1 Å². The van der Waals surface area contributed by atoms with Crippen LogP contribution in [-0.2, 0) is 27.3 Å². The number of carbonyl (C=O) groups is 3. The fourth-order valence-electron chi connectivity index (χ4n) is 7.05. The van der Waals surface area contributed by atoms with Gasteiger partial charge in [0.1, 0.15) is 11.6 Å². The van der Waals surface area contributed by atoms with E-state index < -0.39 is 11.4 Å². The lowest BCUT2D eigenvalue weighted by Crippen LogP contribution is -2.62. The first-order valence-electron chi connectivity index (χ1n) is 17.9. The van der Waals surface area contributed by atoms with Crippen LogP contribution in [-0.4, -0.2) is 70.5 Å². The van der Waals surface area contributed by atoms with Crippen molar-refractivity contribution in [3.8, 4) is 5.75 Å². The summed E-state index contributed by atoms with van der Waals surface area (Å²) < 4.78 is 20.2. The maximum atomic E-state index is 14.8. The number of hydrogen-bond acceptors (Lipinski definition) is 5. The summed E-state index contributed by atoms with van der Waals surface area (Å²) in [5, 5.41) is 13.3. The van der Waals surface area contributed by atoms with Gasteiger partial charge >= 0.3 is 5.97 Å². The standard InChI is InChI=1S/C41H47BrFN3O5/c1-26-7-4-5-9-29(26)23-46(32-15-16-32)39(48)38-33(22-31-24-45(25-35(38)44-31)37(47)18-19-41(2,3)40(49)50)28-12-10-27(11-13-28)8-6-20-51-36-21-30(43)14-17-34(36)42/h4-5,7,9-14,17,21,31-32,35,44H,6,8,15-16,18-20,22-25H2,1-3H3,(H,49,50)/t31-,35-/m1/s1. The smallest absolute Gasteiger partial charge is 0.309 e. The lowest BCUT2D eigenvalue weighted by atomic mass is 9.82. The molecule has 51 heavy (non-hydrogen) atoms. The molecule has 2 fully saturated rings. The number of benzene rings is 3. The number of rotatable bonds is 14. The van der Waals surface area contributed by atoms with Crippen LogP contribution in [0.1, 0.15) is 74.6 Å². The molecular weight excluding hydrogens is 713 g/mol. The number of ether oxygens (including phenoxy) is 1. The van der Waals surface area contributed by atoms with Crippen molar-refractivity contribution in [3.05, 3.63) is 105 Å². The zero-order valence-corrected chi connectivity index (χ0v) is 31.2. The average molecular weight is 761 g/mol. The Labute approximate surface area is 308 Å². The molecule has 270 valence electrons. The van der Waals surface area contributed by atoms with Crippen LogP contribution in [0.3, 0.4) is 0 Å². The van der Waals surface area contributed by atoms with Gasteiger partial charge in [0.25, 0.3) is 5.91 Å². The molecule has 2 N–H and O–H groups in total. The Morgan fingerprint density at radius 1 is 1.06 bits per heavy atom. The van der Waals surface area contributed by atoms with Crippen molar-refractivity contribution < 1.29 is 28.6 Å². The Bertz CT molecular complexity index is 1800. The molecule has 3 aromatic carbocycles. The summed E-state index contributed by atoms with van der Waals surface area (Å²) in [6.07, 6.45) is 4.48. The molecule has 0 aromatic heterocycles. The highest BCUT2D eigenvalue weighted by atomic mass is 79.9. The molecule has 1 saturated heterocycles. The first kappa shape index (κ1) is 36.8. The van der Waals surface area contributed by atoms with Crippen molar-refractivity contribution in [1.29, 1.82) is 0 Å². The molecule has 0 unspecified atom stereocenters. The number of amides is 2. The van der Waals surface area contributed by atoms with Gasteiger partial charge in [-0.3, -0.25) is 14.4 Å².